The first-order valence-electron chi connectivity index (χ1n) is 6.19. The molecule has 0 fully saturated rings. The molecule has 0 aromatic heterocycles. The van der Waals surface area contributed by atoms with Crippen molar-refractivity contribution in [2.24, 2.45) is 0 Å². The van der Waals surface area contributed by atoms with Crippen molar-refractivity contribution < 1.29 is 19.9 Å². The molecule has 19 heavy (non-hydrogen) atoms. The van der Waals surface area contributed by atoms with Crippen LogP contribution in [0.2, 0.25) is 0 Å². The number of non-ortho nitro benzene ring substituents is 1. The van der Waals surface area contributed by atoms with Crippen LogP contribution >= 0.6 is 0 Å². The van der Waals surface area contributed by atoms with Gasteiger partial charge in [-0.15, -0.1) is 0 Å². The topological polar surface area (TPSA) is 101 Å². The zero-order valence-electron chi connectivity index (χ0n) is 10.3. The summed E-state index contributed by atoms with van der Waals surface area (Å²) in [5.41, 5.74) is 2.05. The first-order valence-corrected chi connectivity index (χ1v) is 6.19. The third-order valence-corrected chi connectivity index (χ3v) is 3.42. The van der Waals surface area contributed by atoms with Crippen LogP contribution in [-0.4, -0.2) is 21.1 Å². The van der Waals surface area contributed by atoms with Crippen LogP contribution in [-0.2, 0) is 17.6 Å². The molecule has 0 aliphatic heterocycles. The fraction of sp³-hybridized carbons (Fsp3) is 0.462. The number of hydrogen-bond donors (Lipinski definition) is 2. The molecule has 0 saturated heterocycles. The molecule has 1 aliphatic rings. The molecule has 2 rings (SSSR count). The van der Waals surface area contributed by atoms with Crippen LogP contribution in [0.4, 0.5) is 5.69 Å². The third-order valence-electron chi connectivity index (χ3n) is 3.42. The number of nitro benzene ring substituents is 1. The number of benzene rings is 1. The molecule has 0 heterocycles. The fourth-order valence-corrected chi connectivity index (χ4v) is 2.56. The molecular formula is C13H15NO5. The van der Waals surface area contributed by atoms with E-state index in [1.165, 1.54) is 12.1 Å². The second-order valence-corrected chi connectivity index (χ2v) is 4.75. The van der Waals surface area contributed by atoms with Gasteiger partial charge in [0, 0.05) is 12.1 Å². The van der Waals surface area contributed by atoms with Crippen molar-refractivity contribution in [2.45, 2.75) is 38.2 Å². The Morgan fingerprint density at radius 3 is 2.68 bits per heavy atom. The zero-order chi connectivity index (χ0) is 14.0. The normalized spacial score (nSPS) is 15.6. The van der Waals surface area contributed by atoms with E-state index in [1.807, 2.05) is 0 Å². The van der Waals surface area contributed by atoms with E-state index in [1.54, 1.807) is 0 Å². The second kappa shape index (κ2) is 5.36. The van der Waals surface area contributed by atoms with Crippen LogP contribution in [0.5, 0.6) is 0 Å². The van der Waals surface area contributed by atoms with Gasteiger partial charge < -0.3 is 10.2 Å². The minimum atomic E-state index is -1.19. The predicted octanol–water partition coefficient (Wildman–Crippen LogP) is 1.98. The largest absolute Gasteiger partial charge is 0.481 e. The van der Waals surface area contributed by atoms with Crippen molar-refractivity contribution in [3.63, 3.8) is 0 Å². The Morgan fingerprint density at radius 1 is 1.37 bits per heavy atom. The number of aliphatic carboxylic acids is 1. The molecule has 2 N–H and O–H groups in total. The predicted molar refractivity (Wildman–Crippen MR) is 67.0 cm³/mol. The van der Waals surface area contributed by atoms with Gasteiger partial charge in [0.1, 0.15) is 0 Å². The summed E-state index contributed by atoms with van der Waals surface area (Å²) in [6.07, 6.45) is 1.76. The lowest BCUT2D eigenvalue weighted by atomic mass is 9.85. The minimum Gasteiger partial charge on any atom is -0.481 e. The Kier molecular flexibility index (Phi) is 3.80. The first kappa shape index (κ1) is 13.5. The van der Waals surface area contributed by atoms with Gasteiger partial charge in [-0.2, -0.15) is 0 Å². The van der Waals surface area contributed by atoms with Crippen molar-refractivity contribution in [1.29, 1.82) is 0 Å². The maximum absolute atomic E-state index is 10.9. The molecule has 1 aliphatic carbocycles. The van der Waals surface area contributed by atoms with Gasteiger partial charge in [0.15, 0.2) is 0 Å². The molecule has 0 bridgehead atoms. The van der Waals surface area contributed by atoms with E-state index in [4.69, 9.17) is 5.11 Å². The number of rotatable bonds is 4. The molecule has 102 valence electrons. The molecular weight excluding hydrogens is 250 g/mol. The molecule has 1 atom stereocenters. The van der Waals surface area contributed by atoms with Crippen LogP contribution in [0.3, 0.4) is 0 Å². The average molecular weight is 265 g/mol. The van der Waals surface area contributed by atoms with E-state index in [2.05, 4.69) is 0 Å². The standard InChI is InChI=1S/C13H15NO5/c15-12(7-13(16)17)11-6-9(14(18)19)5-8-3-1-2-4-10(8)11/h5-6,12,15H,1-4,7H2,(H,16,17). The molecule has 1 unspecified atom stereocenters. The van der Waals surface area contributed by atoms with Crippen LogP contribution in [0, 0.1) is 10.1 Å². The Hall–Kier alpha value is -1.95. The molecule has 0 saturated carbocycles. The lowest BCUT2D eigenvalue weighted by Gasteiger charge is -2.21. The van der Waals surface area contributed by atoms with E-state index in [0.717, 1.165) is 36.8 Å². The van der Waals surface area contributed by atoms with E-state index >= 15 is 0 Å². The number of carbonyl (C=O) groups is 1. The number of carboxylic acid groups (broad SMARTS) is 1. The zero-order valence-corrected chi connectivity index (χ0v) is 10.3. The van der Waals surface area contributed by atoms with Gasteiger partial charge >= 0.3 is 5.97 Å². The summed E-state index contributed by atoms with van der Waals surface area (Å²) in [6.45, 7) is 0. The number of aliphatic hydroxyl groups is 1. The third kappa shape index (κ3) is 2.90. The molecule has 0 radical (unpaired) electrons. The molecule has 6 nitrogen and oxygen atoms in total. The van der Waals surface area contributed by atoms with Crippen molar-refractivity contribution in [3.05, 3.63) is 38.9 Å². The smallest absolute Gasteiger partial charge is 0.306 e. The number of fused-ring (bicyclic) bond motifs is 1. The Morgan fingerprint density at radius 2 is 2.05 bits per heavy atom. The molecule has 1 aromatic rings. The second-order valence-electron chi connectivity index (χ2n) is 4.75. The van der Waals surface area contributed by atoms with Gasteiger partial charge in [-0.25, -0.2) is 0 Å². The summed E-state index contributed by atoms with van der Waals surface area (Å²) >= 11 is 0. The van der Waals surface area contributed by atoms with Crippen LogP contribution in [0.25, 0.3) is 0 Å². The first-order chi connectivity index (χ1) is 8.99. The Labute approximate surface area is 109 Å². The molecule has 6 heteroatoms. The number of aryl methyl sites for hydroxylation is 1. The lowest BCUT2D eigenvalue weighted by Crippen LogP contribution is -2.13. The summed E-state index contributed by atoms with van der Waals surface area (Å²) < 4.78 is 0. The maximum atomic E-state index is 10.9. The van der Waals surface area contributed by atoms with Gasteiger partial charge in [-0.05, 0) is 42.4 Å². The highest BCUT2D eigenvalue weighted by atomic mass is 16.6. The molecule has 0 amide bonds. The fourth-order valence-electron chi connectivity index (χ4n) is 2.56. The summed E-state index contributed by atoms with van der Waals surface area (Å²) in [5, 5.41) is 29.6. The number of hydrogen-bond acceptors (Lipinski definition) is 4. The maximum Gasteiger partial charge on any atom is 0.306 e. The van der Waals surface area contributed by atoms with E-state index in [0.29, 0.717) is 5.56 Å². The van der Waals surface area contributed by atoms with Crippen molar-refractivity contribution >= 4 is 11.7 Å². The van der Waals surface area contributed by atoms with Gasteiger partial charge in [0.25, 0.3) is 5.69 Å². The average Bonchev–Trinajstić information content (AvgIpc) is 2.36. The summed E-state index contributed by atoms with van der Waals surface area (Å²) in [5.74, 6) is -1.12. The van der Waals surface area contributed by atoms with Crippen LogP contribution in [0.15, 0.2) is 12.1 Å². The number of aliphatic hydroxyl groups excluding tert-OH is 1. The van der Waals surface area contributed by atoms with Gasteiger partial charge in [-0.1, -0.05) is 0 Å². The quantitative estimate of drug-likeness (QED) is 0.640. The highest BCUT2D eigenvalue weighted by Crippen LogP contribution is 2.33. The van der Waals surface area contributed by atoms with Crippen LogP contribution in [0.1, 0.15) is 42.1 Å². The van der Waals surface area contributed by atoms with Crippen molar-refractivity contribution in [1.82, 2.24) is 0 Å². The number of carboxylic acids is 1. The summed E-state index contributed by atoms with van der Waals surface area (Å²) in [4.78, 5) is 21.1. The summed E-state index contributed by atoms with van der Waals surface area (Å²) in [6, 6.07) is 2.84. The number of nitro groups is 1. The van der Waals surface area contributed by atoms with Gasteiger partial charge in [0.05, 0.1) is 17.4 Å². The van der Waals surface area contributed by atoms with Crippen molar-refractivity contribution in [3.8, 4) is 0 Å². The number of nitrogens with zero attached hydrogens (tertiary/aromatic N) is 1. The molecule has 0 spiro atoms. The van der Waals surface area contributed by atoms with E-state index in [9.17, 15) is 20.0 Å². The summed E-state index contributed by atoms with van der Waals surface area (Å²) in [7, 11) is 0. The van der Waals surface area contributed by atoms with Crippen molar-refractivity contribution in [2.75, 3.05) is 0 Å². The van der Waals surface area contributed by atoms with Gasteiger partial charge in [-0.3, -0.25) is 14.9 Å². The van der Waals surface area contributed by atoms with E-state index in [-0.39, 0.29) is 5.69 Å². The highest BCUT2D eigenvalue weighted by molar-refractivity contribution is 5.68. The Bertz CT molecular complexity index is 526. The SMILES string of the molecule is O=C(O)CC(O)c1cc([N+](=O)[O-])cc2c1CCCC2. The monoisotopic (exact) mass is 265 g/mol. The molecule has 1 aromatic carbocycles. The minimum absolute atomic E-state index is 0.0833. The van der Waals surface area contributed by atoms with E-state index < -0.39 is 23.4 Å². The highest BCUT2D eigenvalue weighted by Gasteiger charge is 2.24. The Balaban J connectivity index is 2.47. The lowest BCUT2D eigenvalue weighted by molar-refractivity contribution is -0.385. The van der Waals surface area contributed by atoms with Crippen LogP contribution < -0.4 is 0 Å². The van der Waals surface area contributed by atoms with Gasteiger partial charge in [0.2, 0.25) is 0 Å².